The molecule has 1 aromatic carbocycles. The van der Waals surface area contributed by atoms with E-state index in [1.165, 1.54) is 11.1 Å². The average Bonchev–Trinajstić information content (AvgIpc) is 2.57. The third-order valence-electron chi connectivity index (χ3n) is 5.03. The summed E-state index contributed by atoms with van der Waals surface area (Å²) in [5, 5.41) is 0. The first-order valence-corrected chi connectivity index (χ1v) is 9.24. The molecule has 1 aliphatic carbocycles. The van der Waals surface area contributed by atoms with Gasteiger partial charge in [-0.15, -0.1) is 0 Å². The smallest absolute Gasteiger partial charge is 0.222 e. The fourth-order valence-corrected chi connectivity index (χ4v) is 3.40. The van der Waals surface area contributed by atoms with Crippen LogP contribution < -0.4 is 21.1 Å². The van der Waals surface area contributed by atoms with Gasteiger partial charge in [0.25, 0.3) is 0 Å². The lowest BCUT2D eigenvalue weighted by atomic mass is 9.78. The number of nitrogen functional groups attached to an aromatic ring is 1. The van der Waals surface area contributed by atoms with Crippen LogP contribution in [0.1, 0.15) is 42.0 Å². The predicted octanol–water partition coefficient (Wildman–Crippen LogP) is 2.79. The van der Waals surface area contributed by atoms with E-state index in [1.54, 1.807) is 0 Å². The fraction of sp³-hybridized carbons (Fsp3) is 0.500. The summed E-state index contributed by atoms with van der Waals surface area (Å²) in [7, 11) is 2.02. The minimum atomic E-state index is 0.291. The number of nitrogens with two attached hydrogens (primary N) is 2. The SMILES string of the molecule is Cc1cccc(C)c1OCCCN(C)c1cc(C2CC(N)C2)nc(N)n1. The van der Waals surface area contributed by atoms with Gasteiger partial charge in [-0.1, -0.05) is 18.2 Å². The molecular formula is C20H29N5O. The molecule has 1 aromatic heterocycles. The quantitative estimate of drug-likeness (QED) is 0.742. The third kappa shape index (κ3) is 4.25. The van der Waals surface area contributed by atoms with Gasteiger partial charge >= 0.3 is 0 Å². The molecule has 0 radical (unpaired) electrons. The molecule has 6 heteroatoms. The number of anilines is 2. The van der Waals surface area contributed by atoms with E-state index < -0.39 is 0 Å². The second kappa shape index (κ2) is 7.91. The summed E-state index contributed by atoms with van der Waals surface area (Å²) in [6, 6.07) is 8.54. The van der Waals surface area contributed by atoms with Crippen molar-refractivity contribution in [3.63, 3.8) is 0 Å². The number of hydrogen-bond donors (Lipinski definition) is 2. The van der Waals surface area contributed by atoms with Crippen molar-refractivity contribution >= 4 is 11.8 Å². The van der Waals surface area contributed by atoms with Crippen LogP contribution in [0.5, 0.6) is 5.75 Å². The van der Waals surface area contributed by atoms with E-state index in [9.17, 15) is 0 Å². The van der Waals surface area contributed by atoms with Crippen LogP contribution >= 0.6 is 0 Å². The van der Waals surface area contributed by atoms with Gasteiger partial charge in [0, 0.05) is 31.6 Å². The first kappa shape index (κ1) is 18.5. The van der Waals surface area contributed by atoms with Crippen LogP contribution in [0.25, 0.3) is 0 Å². The number of aromatic nitrogens is 2. The maximum atomic E-state index is 5.98. The Kier molecular flexibility index (Phi) is 5.61. The molecular weight excluding hydrogens is 326 g/mol. The molecule has 0 bridgehead atoms. The number of aryl methyl sites for hydroxylation is 2. The lowest BCUT2D eigenvalue weighted by molar-refractivity contribution is 0.308. The Morgan fingerprint density at radius 3 is 2.54 bits per heavy atom. The molecule has 0 spiro atoms. The van der Waals surface area contributed by atoms with Crippen LogP contribution in [-0.2, 0) is 0 Å². The summed E-state index contributed by atoms with van der Waals surface area (Å²) in [6.07, 6.45) is 2.85. The summed E-state index contributed by atoms with van der Waals surface area (Å²) in [5.41, 5.74) is 15.2. The molecule has 26 heavy (non-hydrogen) atoms. The van der Waals surface area contributed by atoms with Crippen molar-refractivity contribution in [1.29, 1.82) is 0 Å². The topological polar surface area (TPSA) is 90.3 Å². The lowest BCUT2D eigenvalue weighted by Crippen LogP contribution is -2.35. The summed E-state index contributed by atoms with van der Waals surface area (Å²) in [5.74, 6) is 2.59. The normalized spacial score (nSPS) is 19.1. The fourth-order valence-electron chi connectivity index (χ4n) is 3.40. The zero-order valence-electron chi connectivity index (χ0n) is 15.9. The summed E-state index contributed by atoms with van der Waals surface area (Å²) in [6.45, 7) is 5.66. The summed E-state index contributed by atoms with van der Waals surface area (Å²) < 4.78 is 5.98. The highest BCUT2D eigenvalue weighted by Gasteiger charge is 2.29. The number of hydrogen-bond acceptors (Lipinski definition) is 6. The van der Waals surface area contributed by atoms with E-state index >= 15 is 0 Å². The largest absolute Gasteiger partial charge is 0.493 e. The highest BCUT2D eigenvalue weighted by Crippen LogP contribution is 2.35. The minimum Gasteiger partial charge on any atom is -0.493 e. The minimum absolute atomic E-state index is 0.291. The van der Waals surface area contributed by atoms with Gasteiger partial charge in [0.05, 0.1) is 12.3 Å². The van der Waals surface area contributed by atoms with Crippen LogP contribution in [0.15, 0.2) is 24.3 Å². The maximum Gasteiger partial charge on any atom is 0.222 e. The highest BCUT2D eigenvalue weighted by atomic mass is 16.5. The molecule has 0 unspecified atom stereocenters. The predicted molar refractivity (Wildman–Crippen MR) is 106 cm³/mol. The highest BCUT2D eigenvalue weighted by molar-refractivity contribution is 5.44. The number of ether oxygens (including phenoxy) is 1. The Bertz CT molecular complexity index is 738. The van der Waals surface area contributed by atoms with Gasteiger partial charge in [-0.25, -0.2) is 4.98 Å². The van der Waals surface area contributed by atoms with Crippen LogP contribution in [0.3, 0.4) is 0 Å². The zero-order chi connectivity index (χ0) is 18.7. The molecule has 2 aromatic rings. The average molecular weight is 355 g/mol. The Morgan fingerprint density at radius 2 is 1.88 bits per heavy atom. The summed E-state index contributed by atoms with van der Waals surface area (Å²) in [4.78, 5) is 10.9. The molecule has 0 saturated heterocycles. The first-order valence-electron chi connectivity index (χ1n) is 9.24. The van der Waals surface area contributed by atoms with E-state index in [0.717, 1.165) is 43.1 Å². The van der Waals surface area contributed by atoms with Gasteiger partial charge in [-0.2, -0.15) is 4.98 Å². The van der Waals surface area contributed by atoms with Crippen molar-refractivity contribution in [3.8, 4) is 5.75 Å². The molecule has 0 atom stereocenters. The second-order valence-electron chi connectivity index (χ2n) is 7.28. The van der Waals surface area contributed by atoms with Gasteiger partial charge in [-0.05, 0) is 44.2 Å². The Labute approximate surface area is 155 Å². The lowest BCUT2D eigenvalue weighted by Gasteiger charge is -2.32. The standard InChI is InChI=1S/C20H29N5O/c1-13-6-4-7-14(2)19(13)26-9-5-8-25(3)18-12-17(23-20(22)24-18)15-10-16(21)11-15/h4,6-7,12,15-16H,5,8-11,21H2,1-3H3,(H2,22,23,24). The van der Waals surface area contributed by atoms with Gasteiger partial charge in [0.2, 0.25) is 5.95 Å². The van der Waals surface area contributed by atoms with Crippen molar-refractivity contribution in [2.45, 2.75) is 45.1 Å². The van der Waals surface area contributed by atoms with E-state index in [1.807, 2.05) is 13.1 Å². The molecule has 1 saturated carbocycles. The maximum absolute atomic E-state index is 5.98. The van der Waals surface area contributed by atoms with Crippen molar-refractivity contribution < 1.29 is 4.74 Å². The van der Waals surface area contributed by atoms with Crippen LogP contribution in [0, 0.1) is 13.8 Å². The van der Waals surface area contributed by atoms with Crippen molar-refractivity contribution in [2.24, 2.45) is 5.73 Å². The number of para-hydroxylation sites is 1. The van der Waals surface area contributed by atoms with E-state index in [0.29, 0.717) is 24.5 Å². The molecule has 1 heterocycles. The van der Waals surface area contributed by atoms with E-state index in [-0.39, 0.29) is 0 Å². The Hall–Kier alpha value is -2.34. The van der Waals surface area contributed by atoms with Crippen molar-refractivity contribution in [1.82, 2.24) is 9.97 Å². The molecule has 4 N–H and O–H groups in total. The zero-order valence-corrected chi connectivity index (χ0v) is 15.9. The molecule has 0 aliphatic heterocycles. The van der Waals surface area contributed by atoms with Gasteiger partial charge in [0.1, 0.15) is 11.6 Å². The Morgan fingerprint density at radius 1 is 1.19 bits per heavy atom. The van der Waals surface area contributed by atoms with Crippen molar-refractivity contribution in [2.75, 3.05) is 30.8 Å². The van der Waals surface area contributed by atoms with Crippen molar-refractivity contribution in [3.05, 3.63) is 41.1 Å². The monoisotopic (exact) mass is 355 g/mol. The number of benzene rings is 1. The third-order valence-corrected chi connectivity index (χ3v) is 5.03. The molecule has 0 amide bonds. The molecule has 6 nitrogen and oxygen atoms in total. The van der Waals surface area contributed by atoms with Crippen LogP contribution in [-0.4, -0.2) is 36.2 Å². The van der Waals surface area contributed by atoms with E-state index in [4.69, 9.17) is 16.2 Å². The molecule has 1 aliphatic rings. The van der Waals surface area contributed by atoms with Crippen LogP contribution in [0.4, 0.5) is 11.8 Å². The second-order valence-corrected chi connectivity index (χ2v) is 7.28. The van der Waals surface area contributed by atoms with Crippen LogP contribution in [0.2, 0.25) is 0 Å². The summed E-state index contributed by atoms with van der Waals surface area (Å²) >= 11 is 0. The molecule has 3 rings (SSSR count). The van der Waals surface area contributed by atoms with Gasteiger partial charge in [0.15, 0.2) is 0 Å². The number of nitrogens with zero attached hydrogens (tertiary/aromatic N) is 3. The number of rotatable bonds is 7. The first-order chi connectivity index (χ1) is 12.4. The Balaban J connectivity index is 1.54. The van der Waals surface area contributed by atoms with Gasteiger partial charge < -0.3 is 21.1 Å². The molecule has 140 valence electrons. The van der Waals surface area contributed by atoms with E-state index in [2.05, 4.69) is 46.9 Å². The molecule has 1 fully saturated rings. The van der Waals surface area contributed by atoms with Gasteiger partial charge in [-0.3, -0.25) is 0 Å².